The first-order chi connectivity index (χ1) is 13.6. The Hall–Kier alpha value is -3.02. The van der Waals surface area contributed by atoms with Crippen molar-refractivity contribution in [2.45, 2.75) is 9.79 Å². The van der Waals surface area contributed by atoms with E-state index in [9.17, 15) is 9.59 Å². The van der Waals surface area contributed by atoms with E-state index in [2.05, 4.69) is 5.32 Å². The molecule has 1 fully saturated rings. The smallest absolute Gasteiger partial charge is 0.302 e. The van der Waals surface area contributed by atoms with E-state index in [-0.39, 0.29) is 5.70 Å². The van der Waals surface area contributed by atoms with Gasteiger partial charge in [-0.1, -0.05) is 65.8 Å². The van der Waals surface area contributed by atoms with Gasteiger partial charge >= 0.3 is 6.03 Å². The molecule has 0 radical (unpaired) electrons. The van der Waals surface area contributed by atoms with E-state index in [1.54, 1.807) is 42.1 Å². The molecule has 28 heavy (non-hydrogen) atoms. The molecule has 0 atom stereocenters. The fourth-order valence-electron chi connectivity index (χ4n) is 2.85. The molecule has 0 aliphatic carbocycles. The normalized spacial score (nSPS) is 15.2. The van der Waals surface area contributed by atoms with Crippen LogP contribution in [0.3, 0.4) is 0 Å². The molecule has 138 valence electrons. The van der Waals surface area contributed by atoms with E-state index in [1.807, 2.05) is 54.6 Å². The zero-order valence-electron chi connectivity index (χ0n) is 14.6. The van der Waals surface area contributed by atoms with Crippen molar-refractivity contribution in [3.63, 3.8) is 0 Å². The fraction of sp³-hybridized carbons (Fsp3) is 0. The second kappa shape index (κ2) is 7.92. The lowest BCUT2D eigenvalue weighted by atomic mass is 10.2. The zero-order chi connectivity index (χ0) is 19.5. The van der Waals surface area contributed by atoms with Crippen LogP contribution in [-0.4, -0.2) is 11.9 Å². The van der Waals surface area contributed by atoms with Crippen molar-refractivity contribution < 1.29 is 9.59 Å². The third kappa shape index (κ3) is 3.81. The summed E-state index contributed by atoms with van der Waals surface area (Å²) in [6.45, 7) is 0. The van der Waals surface area contributed by atoms with Crippen LogP contribution in [0.25, 0.3) is 6.08 Å². The number of hydrogen-bond donors (Lipinski definition) is 1. The van der Waals surface area contributed by atoms with Crippen molar-refractivity contribution in [1.29, 1.82) is 0 Å². The molecular weight excluding hydrogens is 392 g/mol. The van der Waals surface area contributed by atoms with Gasteiger partial charge in [-0.25, -0.2) is 9.69 Å². The predicted molar refractivity (Wildman–Crippen MR) is 112 cm³/mol. The Morgan fingerprint density at radius 1 is 0.893 bits per heavy atom. The maximum absolute atomic E-state index is 12.8. The van der Waals surface area contributed by atoms with Gasteiger partial charge in [0.15, 0.2) is 0 Å². The van der Waals surface area contributed by atoms with Gasteiger partial charge in [-0.3, -0.25) is 4.79 Å². The highest BCUT2D eigenvalue weighted by molar-refractivity contribution is 7.99. The molecule has 0 unspecified atom stereocenters. The minimum atomic E-state index is -0.494. The highest BCUT2D eigenvalue weighted by Gasteiger charge is 2.35. The number of nitrogens with zero attached hydrogens (tertiary/aromatic N) is 1. The number of nitrogens with one attached hydrogen (secondary N) is 1. The van der Waals surface area contributed by atoms with Crippen LogP contribution in [0, 0.1) is 0 Å². The van der Waals surface area contributed by atoms with E-state index in [4.69, 9.17) is 11.6 Å². The lowest BCUT2D eigenvalue weighted by Gasteiger charge is -2.11. The van der Waals surface area contributed by atoms with Crippen LogP contribution in [0.1, 0.15) is 5.56 Å². The Balaban J connectivity index is 1.65. The standard InChI is InChI=1S/C22H15ClN2O2S/c23-16-8-6-9-17(14-16)25-21(26)19(24-22(25)27)13-15-7-4-5-12-20(15)28-18-10-2-1-3-11-18/h1-14H,(H,24,27)/b19-13-. The Kier molecular flexibility index (Phi) is 5.19. The number of carbonyl (C=O) groups excluding carboxylic acids is 2. The third-order valence-electron chi connectivity index (χ3n) is 4.13. The van der Waals surface area contributed by atoms with Gasteiger partial charge in [0, 0.05) is 14.8 Å². The highest BCUT2D eigenvalue weighted by atomic mass is 35.5. The number of rotatable bonds is 4. The van der Waals surface area contributed by atoms with Crippen LogP contribution in [0.2, 0.25) is 5.02 Å². The summed E-state index contributed by atoms with van der Waals surface area (Å²) in [7, 11) is 0. The number of hydrogen-bond acceptors (Lipinski definition) is 3. The summed E-state index contributed by atoms with van der Waals surface area (Å²) in [5.41, 5.74) is 1.52. The molecule has 3 amide bonds. The van der Waals surface area contributed by atoms with Gasteiger partial charge in [0.2, 0.25) is 0 Å². The highest BCUT2D eigenvalue weighted by Crippen LogP contribution is 2.32. The minimum absolute atomic E-state index is 0.228. The summed E-state index contributed by atoms with van der Waals surface area (Å²) >= 11 is 7.59. The molecule has 0 aromatic heterocycles. The number of carbonyl (C=O) groups is 2. The number of anilines is 1. The molecule has 6 heteroatoms. The minimum Gasteiger partial charge on any atom is -0.302 e. The van der Waals surface area contributed by atoms with E-state index in [0.29, 0.717) is 10.7 Å². The predicted octanol–water partition coefficient (Wildman–Crippen LogP) is 5.59. The number of halogens is 1. The molecule has 0 bridgehead atoms. The van der Waals surface area contributed by atoms with Gasteiger partial charge in [-0.2, -0.15) is 0 Å². The Labute approximate surface area is 171 Å². The fourth-order valence-corrected chi connectivity index (χ4v) is 3.97. The topological polar surface area (TPSA) is 49.4 Å². The van der Waals surface area contributed by atoms with Crippen molar-refractivity contribution in [3.8, 4) is 0 Å². The third-order valence-corrected chi connectivity index (χ3v) is 5.47. The molecular formula is C22H15ClN2O2S. The van der Waals surface area contributed by atoms with Gasteiger partial charge in [0.1, 0.15) is 5.70 Å². The monoisotopic (exact) mass is 406 g/mol. The van der Waals surface area contributed by atoms with E-state index in [0.717, 1.165) is 20.3 Å². The summed E-state index contributed by atoms with van der Waals surface area (Å²) in [4.78, 5) is 28.4. The molecule has 0 saturated carbocycles. The zero-order valence-corrected chi connectivity index (χ0v) is 16.2. The maximum atomic E-state index is 12.8. The number of benzene rings is 3. The number of urea groups is 1. The van der Waals surface area contributed by atoms with Crippen molar-refractivity contribution >= 4 is 47.1 Å². The van der Waals surface area contributed by atoms with Crippen LogP contribution in [-0.2, 0) is 4.79 Å². The maximum Gasteiger partial charge on any atom is 0.333 e. The molecule has 3 aromatic carbocycles. The first-order valence-electron chi connectivity index (χ1n) is 8.56. The molecule has 3 aromatic rings. The Morgan fingerprint density at radius 3 is 2.43 bits per heavy atom. The second-order valence-electron chi connectivity index (χ2n) is 6.06. The van der Waals surface area contributed by atoms with Crippen LogP contribution in [0.5, 0.6) is 0 Å². The molecule has 1 heterocycles. The van der Waals surface area contributed by atoms with Gasteiger partial charge in [-0.15, -0.1) is 0 Å². The van der Waals surface area contributed by atoms with Crippen molar-refractivity contribution in [2.75, 3.05) is 4.90 Å². The van der Waals surface area contributed by atoms with Crippen molar-refractivity contribution in [1.82, 2.24) is 5.32 Å². The van der Waals surface area contributed by atoms with Gasteiger partial charge in [0.25, 0.3) is 5.91 Å². The van der Waals surface area contributed by atoms with Crippen molar-refractivity contribution in [3.05, 3.63) is 95.1 Å². The summed E-state index contributed by atoms with van der Waals surface area (Å²) in [6, 6.07) is 23.9. The Morgan fingerprint density at radius 2 is 1.64 bits per heavy atom. The summed E-state index contributed by atoms with van der Waals surface area (Å²) in [5.74, 6) is -0.410. The van der Waals surface area contributed by atoms with Crippen LogP contribution in [0.4, 0.5) is 10.5 Å². The average Bonchev–Trinajstić information content (AvgIpc) is 2.97. The SMILES string of the molecule is O=C1N/C(=C\c2ccccc2Sc2ccccc2)C(=O)N1c1cccc(Cl)c1. The van der Waals surface area contributed by atoms with Crippen LogP contribution >= 0.6 is 23.4 Å². The van der Waals surface area contributed by atoms with E-state index in [1.165, 1.54) is 0 Å². The number of imide groups is 1. The van der Waals surface area contributed by atoms with Crippen LogP contribution in [0.15, 0.2) is 94.4 Å². The van der Waals surface area contributed by atoms with Gasteiger partial charge in [0.05, 0.1) is 5.69 Å². The van der Waals surface area contributed by atoms with Crippen molar-refractivity contribution in [2.24, 2.45) is 0 Å². The molecule has 1 aliphatic heterocycles. The van der Waals surface area contributed by atoms with Gasteiger partial charge in [-0.05, 0) is 48.0 Å². The van der Waals surface area contributed by atoms with E-state index < -0.39 is 11.9 Å². The molecule has 1 aliphatic rings. The molecule has 1 N–H and O–H groups in total. The first-order valence-corrected chi connectivity index (χ1v) is 9.76. The first kappa shape index (κ1) is 18.3. The lowest BCUT2D eigenvalue weighted by Crippen LogP contribution is -2.30. The van der Waals surface area contributed by atoms with E-state index >= 15 is 0 Å². The summed E-state index contributed by atoms with van der Waals surface area (Å²) in [5, 5.41) is 3.12. The molecule has 4 nitrogen and oxygen atoms in total. The second-order valence-corrected chi connectivity index (χ2v) is 7.61. The molecule has 1 saturated heterocycles. The molecule has 0 spiro atoms. The Bertz CT molecular complexity index is 1080. The quantitative estimate of drug-likeness (QED) is 0.454. The summed E-state index contributed by atoms with van der Waals surface area (Å²) in [6.07, 6.45) is 1.70. The largest absolute Gasteiger partial charge is 0.333 e. The van der Waals surface area contributed by atoms with Crippen LogP contribution < -0.4 is 10.2 Å². The molecule has 4 rings (SSSR count). The van der Waals surface area contributed by atoms with Gasteiger partial charge < -0.3 is 5.32 Å². The number of amides is 3. The average molecular weight is 407 g/mol. The lowest BCUT2D eigenvalue weighted by molar-refractivity contribution is -0.113. The summed E-state index contributed by atoms with van der Waals surface area (Å²) < 4.78 is 0.